The van der Waals surface area contributed by atoms with Crippen molar-refractivity contribution in [2.45, 2.75) is 90.0 Å². The molecule has 1 aliphatic heterocycles. The molecule has 0 bridgehead atoms. The summed E-state index contributed by atoms with van der Waals surface area (Å²) >= 11 is 0. The van der Waals surface area contributed by atoms with Crippen LogP contribution in [0.4, 0.5) is 0 Å². The van der Waals surface area contributed by atoms with Gasteiger partial charge in [-0.1, -0.05) is 47.2 Å². The Kier molecular flexibility index (Phi) is 7.12. The van der Waals surface area contributed by atoms with Crippen molar-refractivity contribution in [1.29, 1.82) is 0 Å². The Balaban J connectivity index is 2.97. The molecule has 1 heterocycles. The second kappa shape index (κ2) is 7.96. The number of hydrogen-bond donors (Lipinski definition) is 0. The van der Waals surface area contributed by atoms with Gasteiger partial charge in [0.05, 0.1) is 20.7 Å². The molecule has 0 unspecified atom stereocenters. The van der Waals surface area contributed by atoms with Gasteiger partial charge >= 0.3 is 0 Å². The largest absolute Gasteiger partial charge is 0.382 e. The molecule has 0 spiro atoms. The Bertz CT molecular complexity index is 374. The summed E-state index contributed by atoms with van der Waals surface area (Å²) in [4.78, 5) is 0. The molecule has 2 atom stereocenters. The van der Waals surface area contributed by atoms with E-state index in [-0.39, 0.29) is 0 Å². The molecular formula is C18H38N2OSi. The Hall–Kier alpha value is -0.353. The monoisotopic (exact) mass is 326 g/mol. The van der Waals surface area contributed by atoms with Crippen molar-refractivity contribution in [1.82, 2.24) is 5.01 Å². The van der Waals surface area contributed by atoms with E-state index in [4.69, 9.17) is 9.84 Å². The predicted octanol–water partition coefficient (Wildman–Crippen LogP) is 5.15. The van der Waals surface area contributed by atoms with Crippen molar-refractivity contribution in [3.8, 4) is 0 Å². The summed E-state index contributed by atoms with van der Waals surface area (Å²) in [5, 5.41) is 7.78. The Morgan fingerprint density at radius 3 is 2.50 bits per heavy atom. The van der Waals surface area contributed by atoms with Crippen molar-refractivity contribution in [3.05, 3.63) is 0 Å². The summed E-state index contributed by atoms with van der Waals surface area (Å²) in [6.07, 6.45) is 4.96. The van der Waals surface area contributed by atoms with Crippen LogP contribution in [0.2, 0.25) is 23.7 Å². The zero-order valence-corrected chi connectivity index (χ0v) is 17.2. The van der Waals surface area contributed by atoms with E-state index in [1.54, 1.807) is 7.11 Å². The number of hydrogen-bond acceptors (Lipinski definition) is 3. The zero-order valence-electron chi connectivity index (χ0n) is 16.2. The zero-order chi connectivity index (χ0) is 17.0. The second-order valence-electron chi connectivity index (χ2n) is 8.47. The van der Waals surface area contributed by atoms with Gasteiger partial charge in [-0.05, 0) is 36.8 Å². The fourth-order valence-electron chi connectivity index (χ4n) is 3.49. The van der Waals surface area contributed by atoms with Gasteiger partial charge in [0.25, 0.3) is 0 Å². The van der Waals surface area contributed by atoms with E-state index in [2.05, 4.69) is 52.7 Å². The molecule has 3 nitrogen and oxygen atoms in total. The molecule has 1 fully saturated rings. The van der Waals surface area contributed by atoms with E-state index in [1.807, 2.05) is 0 Å². The second-order valence-corrected chi connectivity index (χ2v) is 14.1. The fourth-order valence-corrected chi connectivity index (χ4v) is 6.65. The predicted molar refractivity (Wildman–Crippen MR) is 101 cm³/mol. The molecule has 0 radical (unpaired) electrons. The minimum Gasteiger partial charge on any atom is -0.382 e. The van der Waals surface area contributed by atoms with Crippen LogP contribution in [0.3, 0.4) is 0 Å². The van der Waals surface area contributed by atoms with Gasteiger partial charge in [0.2, 0.25) is 0 Å². The third-order valence-corrected chi connectivity index (χ3v) is 12.2. The molecule has 0 aromatic carbocycles. The Morgan fingerprint density at radius 2 is 2.00 bits per heavy atom. The first-order chi connectivity index (χ1) is 10.1. The first-order valence-corrected chi connectivity index (χ1v) is 12.0. The van der Waals surface area contributed by atoms with E-state index in [0.717, 1.165) is 13.2 Å². The maximum atomic E-state index is 5.36. The lowest BCUT2D eigenvalue weighted by atomic mass is 10.2. The number of methoxy groups -OCH3 is 1. The van der Waals surface area contributed by atoms with Crippen LogP contribution in [0.15, 0.2) is 5.10 Å². The van der Waals surface area contributed by atoms with Crippen LogP contribution in [0, 0.1) is 0 Å². The lowest BCUT2D eigenvalue weighted by Gasteiger charge is -2.43. The van der Waals surface area contributed by atoms with Crippen molar-refractivity contribution in [3.63, 3.8) is 0 Å². The molecule has 0 saturated carbocycles. The maximum absolute atomic E-state index is 5.36. The Labute approximate surface area is 139 Å². The first-order valence-electron chi connectivity index (χ1n) is 8.95. The fraction of sp³-hybridized carbons (Fsp3) is 0.944. The SMILES string of the molecule is CCC[C@@H](C(C)=NN1CCC[C@H]1COC)[Si](C)(C)C(C)(C)C. The average molecular weight is 327 g/mol. The lowest BCUT2D eigenvalue weighted by Crippen LogP contribution is -2.45. The highest BCUT2D eigenvalue weighted by Crippen LogP contribution is 2.46. The minimum atomic E-state index is -1.42. The van der Waals surface area contributed by atoms with Gasteiger partial charge in [0, 0.05) is 19.4 Å². The van der Waals surface area contributed by atoms with Crippen LogP contribution < -0.4 is 0 Å². The molecule has 0 amide bonds. The highest BCUT2D eigenvalue weighted by atomic mass is 28.3. The molecule has 0 N–H and O–H groups in total. The normalized spacial score (nSPS) is 22.3. The first kappa shape index (κ1) is 19.7. The molecule has 1 saturated heterocycles. The smallest absolute Gasteiger partial charge is 0.0704 e. The van der Waals surface area contributed by atoms with E-state index in [1.165, 1.54) is 31.4 Å². The summed E-state index contributed by atoms with van der Waals surface area (Å²) in [5.74, 6) is 0. The molecular weight excluding hydrogens is 288 g/mol. The number of rotatable bonds is 7. The lowest BCUT2D eigenvalue weighted by molar-refractivity contribution is 0.117. The van der Waals surface area contributed by atoms with Crippen LogP contribution in [0.25, 0.3) is 0 Å². The van der Waals surface area contributed by atoms with Gasteiger partial charge in [-0.15, -0.1) is 0 Å². The molecule has 4 heteroatoms. The van der Waals surface area contributed by atoms with Crippen LogP contribution in [0.5, 0.6) is 0 Å². The number of ether oxygens (including phenoxy) is 1. The topological polar surface area (TPSA) is 24.8 Å². The summed E-state index contributed by atoms with van der Waals surface area (Å²) in [7, 11) is 0.375. The highest BCUT2D eigenvalue weighted by molar-refractivity contribution is 6.84. The van der Waals surface area contributed by atoms with Gasteiger partial charge in [-0.25, -0.2) is 0 Å². The van der Waals surface area contributed by atoms with E-state index < -0.39 is 8.07 Å². The summed E-state index contributed by atoms with van der Waals surface area (Å²) < 4.78 is 5.36. The third-order valence-electron chi connectivity index (χ3n) is 5.88. The van der Waals surface area contributed by atoms with E-state index in [9.17, 15) is 0 Å². The molecule has 130 valence electrons. The standard InChI is InChI=1S/C18H38N2OSi/c1-9-11-17(22(7,8)18(3,4)5)15(2)19-20-13-10-12-16(20)14-21-6/h16-17H,9-14H2,1-8H3/t16-,17-/m0/s1. The van der Waals surface area contributed by atoms with Crippen molar-refractivity contribution in [2.24, 2.45) is 5.10 Å². The van der Waals surface area contributed by atoms with E-state index >= 15 is 0 Å². The minimum absolute atomic E-state index is 0.403. The molecule has 1 rings (SSSR count). The number of nitrogens with zero attached hydrogens (tertiary/aromatic N) is 2. The van der Waals surface area contributed by atoms with Gasteiger partial charge in [-0.2, -0.15) is 5.10 Å². The van der Waals surface area contributed by atoms with Crippen LogP contribution >= 0.6 is 0 Å². The Morgan fingerprint density at radius 1 is 1.36 bits per heavy atom. The molecule has 0 aromatic heterocycles. The van der Waals surface area contributed by atoms with E-state index in [0.29, 0.717) is 16.6 Å². The van der Waals surface area contributed by atoms with Crippen LogP contribution in [-0.2, 0) is 4.74 Å². The van der Waals surface area contributed by atoms with Crippen LogP contribution in [-0.4, -0.2) is 45.1 Å². The molecule has 0 aliphatic carbocycles. The summed E-state index contributed by atoms with van der Waals surface area (Å²) in [6, 6.07) is 0.474. The highest BCUT2D eigenvalue weighted by Gasteiger charge is 2.43. The quantitative estimate of drug-likeness (QED) is 0.477. The average Bonchev–Trinajstić information content (AvgIpc) is 2.82. The van der Waals surface area contributed by atoms with Gasteiger partial charge in [0.15, 0.2) is 0 Å². The van der Waals surface area contributed by atoms with Gasteiger partial charge in [0.1, 0.15) is 0 Å². The summed E-state index contributed by atoms with van der Waals surface area (Å²) in [5.41, 5.74) is 2.03. The summed E-state index contributed by atoms with van der Waals surface area (Å²) in [6.45, 7) is 18.8. The van der Waals surface area contributed by atoms with Gasteiger partial charge < -0.3 is 4.74 Å². The van der Waals surface area contributed by atoms with Crippen molar-refractivity contribution in [2.75, 3.05) is 20.3 Å². The van der Waals surface area contributed by atoms with Crippen molar-refractivity contribution < 1.29 is 4.74 Å². The number of hydrazone groups is 1. The van der Waals surface area contributed by atoms with Crippen LogP contribution in [0.1, 0.15) is 60.3 Å². The van der Waals surface area contributed by atoms with Crippen molar-refractivity contribution >= 4 is 13.8 Å². The maximum Gasteiger partial charge on any atom is 0.0704 e. The third kappa shape index (κ3) is 4.57. The molecule has 22 heavy (non-hydrogen) atoms. The molecule has 0 aromatic rings. The van der Waals surface area contributed by atoms with Gasteiger partial charge in [-0.3, -0.25) is 5.01 Å². The molecule has 1 aliphatic rings.